The fraction of sp³-hybridized carbons (Fsp3) is 0.231. The molecule has 3 fully saturated rings. The SMILES string of the molecule is Cc1ccc(N2CN3O[C@H]4C(=O)N(c5ccc([N+](=O)[O-])cc5)C(=O)[C@H]4[C@@]3(c3ccccc3)C2)cc1. The summed E-state index contributed by atoms with van der Waals surface area (Å²) in [6, 6.07) is 23.3. The molecule has 0 bridgehead atoms. The molecular formula is C26H22N4O5. The van der Waals surface area contributed by atoms with Crippen molar-refractivity contribution in [2.45, 2.75) is 18.6 Å². The Morgan fingerprint density at radius 3 is 2.23 bits per heavy atom. The van der Waals surface area contributed by atoms with E-state index >= 15 is 0 Å². The van der Waals surface area contributed by atoms with Gasteiger partial charge in [-0.15, -0.1) is 0 Å². The van der Waals surface area contributed by atoms with Crippen LogP contribution in [0.1, 0.15) is 11.1 Å². The fourth-order valence-electron chi connectivity index (χ4n) is 5.47. The third-order valence-electron chi connectivity index (χ3n) is 7.18. The van der Waals surface area contributed by atoms with Crippen LogP contribution in [0.3, 0.4) is 0 Å². The molecule has 176 valence electrons. The number of rotatable bonds is 4. The van der Waals surface area contributed by atoms with E-state index in [1.807, 2.05) is 61.5 Å². The fourth-order valence-corrected chi connectivity index (χ4v) is 5.47. The maximum atomic E-state index is 13.9. The van der Waals surface area contributed by atoms with E-state index < -0.39 is 28.4 Å². The molecule has 3 aromatic carbocycles. The number of amides is 2. The number of fused-ring (bicyclic) bond motifs is 3. The van der Waals surface area contributed by atoms with Gasteiger partial charge in [0, 0.05) is 24.4 Å². The second kappa shape index (κ2) is 7.72. The van der Waals surface area contributed by atoms with Gasteiger partial charge in [-0.25, -0.2) is 4.90 Å². The second-order valence-corrected chi connectivity index (χ2v) is 9.13. The smallest absolute Gasteiger partial charge is 0.269 e. The molecule has 3 aromatic rings. The zero-order chi connectivity index (χ0) is 24.3. The molecular weight excluding hydrogens is 448 g/mol. The number of carbonyl (C=O) groups is 2. The van der Waals surface area contributed by atoms with Crippen LogP contribution >= 0.6 is 0 Å². The highest BCUT2D eigenvalue weighted by Gasteiger charge is 2.70. The molecule has 0 saturated carbocycles. The summed E-state index contributed by atoms with van der Waals surface area (Å²) in [5, 5.41) is 12.8. The van der Waals surface area contributed by atoms with Gasteiger partial charge in [-0.1, -0.05) is 48.0 Å². The maximum Gasteiger partial charge on any atom is 0.269 e. The Balaban J connectivity index is 1.41. The molecule has 0 aromatic heterocycles. The normalized spacial score (nSPS) is 25.7. The van der Waals surface area contributed by atoms with Crippen LogP contribution < -0.4 is 9.80 Å². The number of non-ortho nitro benzene ring substituents is 1. The molecule has 3 aliphatic rings. The molecule has 9 heteroatoms. The van der Waals surface area contributed by atoms with E-state index in [0.29, 0.717) is 18.9 Å². The summed E-state index contributed by atoms with van der Waals surface area (Å²) in [6.07, 6.45) is -0.960. The first-order valence-corrected chi connectivity index (χ1v) is 11.3. The van der Waals surface area contributed by atoms with Gasteiger partial charge in [0.2, 0.25) is 5.91 Å². The molecule has 35 heavy (non-hydrogen) atoms. The van der Waals surface area contributed by atoms with Crippen LogP contribution in [0, 0.1) is 23.0 Å². The average Bonchev–Trinajstić information content (AvgIpc) is 3.47. The highest BCUT2D eigenvalue weighted by Crippen LogP contribution is 2.53. The molecule has 9 nitrogen and oxygen atoms in total. The summed E-state index contributed by atoms with van der Waals surface area (Å²) in [7, 11) is 0. The average molecular weight is 470 g/mol. The largest absolute Gasteiger partial charge is 0.354 e. The van der Waals surface area contributed by atoms with Crippen LogP contribution in [0.5, 0.6) is 0 Å². The van der Waals surface area contributed by atoms with Crippen LogP contribution in [0.4, 0.5) is 17.1 Å². The van der Waals surface area contributed by atoms with Gasteiger partial charge in [0.1, 0.15) is 11.5 Å². The van der Waals surface area contributed by atoms with Gasteiger partial charge in [0.15, 0.2) is 6.10 Å². The van der Waals surface area contributed by atoms with E-state index in [2.05, 4.69) is 4.90 Å². The van der Waals surface area contributed by atoms with Crippen LogP contribution in [0.15, 0.2) is 78.9 Å². The minimum absolute atomic E-state index is 0.110. The van der Waals surface area contributed by atoms with Crippen LogP contribution in [-0.2, 0) is 20.0 Å². The summed E-state index contributed by atoms with van der Waals surface area (Å²) in [5.41, 5.74) is 2.38. The van der Waals surface area contributed by atoms with E-state index in [9.17, 15) is 19.7 Å². The van der Waals surface area contributed by atoms with Crippen molar-refractivity contribution in [2.75, 3.05) is 23.0 Å². The zero-order valence-corrected chi connectivity index (χ0v) is 18.9. The number of nitro benzene ring substituents is 1. The molecule has 3 saturated heterocycles. The van der Waals surface area contributed by atoms with Gasteiger partial charge in [-0.3, -0.25) is 24.5 Å². The van der Waals surface area contributed by atoms with Crippen molar-refractivity contribution in [3.8, 4) is 0 Å². The topological polar surface area (TPSA) is 96.2 Å². The number of hydrogen-bond acceptors (Lipinski definition) is 7. The minimum Gasteiger partial charge on any atom is -0.354 e. The first kappa shape index (κ1) is 21.5. The van der Waals surface area contributed by atoms with Gasteiger partial charge in [0.25, 0.3) is 11.6 Å². The summed E-state index contributed by atoms with van der Waals surface area (Å²) in [5.74, 6) is -1.59. The van der Waals surface area contributed by atoms with Crippen molar-refractivity contribution in [3.05, 3.63) is 100 Å². The Bertz CT molecular complexity index is 1330. The number of imide groups is 1. The molecule has 0 aliphatic carbocycles. The Morgan fingerprint density at radius 1 is 0.914 bits per heavy atom. The highest BCUT2D eigenvalue weighted by molar-refractivity contribution is 6.24. The number of aryl methyl sites for hydroxylation is 1. The lowest BCUT2D eigenvalue weighted by atomic mass is 9.77. The molecule has 0 N–H and O–H groups in total. The lowest BCUT2D eigenvalue weighted by molar-refractivity contribution is -0.384. The Kier molecular flexibility index (Phi) is 4.73. The van der Waals surface area contributed by atoms with Gasteiger partial charge in [-0.05, 0) is 36.8 Å². The quantitative estimate of drug-likeness (QED) is 0.328. The van der Waals surface area contributed by atoms with E-state index in [4.69, 9.17) is 4.84 Å². The van der Waals surface area contributed by atoms with Crippen molar-refractivity contribution < 1.29 is 19.3 Å². The first-order valence-electron chi connectivity index (χ1n) is 11.3. The number of benzene rings is 3. The number of carbonyl (C=O) groups excluding carboxylic acids is 2. The number of nitro groups is 1. The summed E-state index contributed by atoms with van der Waals surface area (Å²) in [4.78, 5) is 47.3. The lowest BCUT2D eigenvalue weighted by Crippen LogP contribution is -2.47. The van der Waals surface area contributed by atoms with Crippen molar-refractivity contribution in [2.24, 2.45) is 5.92 Å². The highest BCUT2D eigenvalue weighted by atomic mass is 16.7. The van der Waals surface area contributed by atoms with Crippen LogP contribution in [0.2, 0.25) is 0 Å². The number of anilines is 2. The predicted molar refractivity (Wildman–Crippen MR) is 127 cm³/mol. The molecule has 2 amide bonds. The van der Waals surface area contributed by atoms with E-state index in [1.165, 1.54) is 24.3 Å². The van der Waals surface area contributed by atoms with E-state index in [0.717, 1.165) is 21.7 Å². The first-order chi connectivity index (χ1) is 16.9. The zero-order valence-electron chi connectivity index (χ0n) is 18.9. The monoisotopic (exact) mass is 470 g/mol. The van der Waals surface area contributed by atoms with Gasteiger partial charge in [-0.2, -0.15) is 5.06 Å². The molecule has 6 rings (SSSR count). The van der Waals surface area contributed by atoms with Crippen molar-refractivity contribution in [1.29, 1.82) is 0 Å². The van der Waals surface area contributed by atoms with Crippen LogP contribution in [0.25, 0.3) is 0 Å². The minimum atomic E-state index is -0.960. The van der Waals surface area contributed by atoms with Crippen LogP contribution in [-0.4, -0.2) is 41.1 Å². The predicted octanol–water partition coefficient (Wildman–Crippen LogP) is 3.38. The molecule has 0 spiro atoms. The molecule has 3 aliphatic heterocycles. The van der Waals surface area contributed by atoms with Crippen molar-refractivity contribution in [1.82, 2.24) is 5.06 Å². The second-order valence-electron chi connectivity index (χ2n) is 9.13. The third-order valence-corrected chi connectivity index (χ3v) is 7.18. The van der Waals surface area contributed by atoms with Gasteiger partial charge >= 0.3 is 0 Å². The molecule has 0 unspecified atom stereocenters. The number of hydrogen-bond donors (Lipinski definition) is 0. The molecule has 3 atom stereocenters. The molecule has 3 heterocycles. The van der Waals surface area contributed by atoms with E-state index in [-0.39, 0.29) is 11.6 Å². The van der Waals surface area contributed by atoms with Crippen molar-refractivity contribution >= 4 is 28.9 Å². The summed E-state index contributed by atoms with van der Waals surface area (Å²) >= 11 is 0. The number of hydroxylamine groups is 2. The standard InChI is InChI=1S/C26H22N4O5/c1-17-7-9-19(10-8-17)27-15-26(18-5-3-2-4-6-18)22-23(35-28(26)16-27)25(32)29(24(22)31)20-11-13-21(14-12-20)30(33)34/h2-14,22-23H,15-16H2,1H3/t22-,23+,26-/m0/s1. The Morgan fingerprint density at radius 2 is 1.57 bits per heavy atom. The summed E-state index contributed by atoms with van der Waals surface area (Å²) < 4.78 is 0. The molecule has 0 radical (unpaired) electrons. The van der Waals surface area contributed by atoms with Gasteiger partial charge in [0.05, 0.1) is 17.3 Å². The Hall–Kier alpha value is -4.08. The number of nitrogens with zero attached hydrogens (tertiary/aromatic N) is 4. The Labute approximate surface area is 201 Å². The third kappa shape index (κ3) is 3.09. The lowest BCUT2D eigenvalue weighted by Gasteiger charge is -2.33. The van der Waals surface area contributed by atoms with Gasteiger partial charge < -0.3 is 4.90 Å². The summed E-state index contributed by atoms with van der Waals surface area (Å²) in [6.45, 7) is 2.90. The van der Waals surface area contributed by atoms with Crippen molar-refractivity contribution in [3.63, 3.8) is 0 Å². The van der Waals surface area contributed by atoms with E-state index in [1.54, 1.807) is 5.06 Å². The maximum absolute atomic E-state index is 13.9.